The Bertz CT molecular complexity index is 596. The zero-order valence-electron chi connectivity index (χ0n) is 12.4. The van der Waals surface area contributed by atoms with Crippen LogP contribution in [-0.4, -0.2) is 107 Å². The Hall–Kier alpha value is -2.22. The number of ether oxygens (including phenoxy) is 1. The average Bonchev–Trinajstić information content (AvgIpc) is 2.34. The molecule has 6 N–H and O–H groups in total. The van der Waals surface area contributed by atoms with Crippen molar-refractivity contribution < 1.29 is 64.1 Å². The van der Waals surface area contributed by atoms with Crippen LogP contribution in [0.3, 0.4) is 0 Å². The van der Waals surface area contributed by atoms with Crippen LogP contribution in [0.25, 0.3) is 0 Å². The molecule has 0 aromatic heterocycles. The van der Waals surface area contributed by atoms with Gasteiger partial charge in [-0.15, -0.1) is 0 Å². The van der Waals surface area contributed by atoms with E-state index in [2.05, 4.69) is 4.74 Å². The summed E-state index contributed by atoms with van der Waals surface area (Å²) in [6, 6.07) is 0. The molecule has 0 fully saturated rings. The number of carbonyl (C=O) groups is 6. The summed E-state index contributed by atoms with van der Waals surface area (Å²) in [5, 5.41) is 53.5. The first kappa shape index (κ1) is 26.0. The second-order valence-corrected chi connectivity index (χ2v) is 5.00. The van der Waals surface area contributed by atoms with Gasteiger partial charge in [0.05, 0.1) is 25.7 Å². The topological polar surface area (TPSA) is 233 Å². The van der Waals surface area contributed by atoms with Crippen LogP contribution in [-0.2, 0) is 33.5 Å². The van der Waals surface area contributed by atoms with E-state index in [1.807, 2.05) is 0 Å². The van der Waals surface area contributed by atoms with E-state index in [0.29, 0.717) is 0 Å². The van der Waals surface area contributed by atoms with Gasteiger partial charge in [-0.05, 0) is 0 Å². The summed E-state index contributed by atoms with van der Waals surface area (Å²) in [6.45, 7) is 0. The Morgan fingerprint density at radius 2 is 1.04 bits per heavy atom. The number of aliphatic carboxylic acids is 5. The number of hydrogen-bond donors (Lipinski definition) is 6. The minimum atomic E-state index is -3.17. The molecule has 0 radical (unpaired) electrons. The quantitative estimate of drug-likeness (QED) is 0.156. The van der Waals surface area contributed by atoms with Crippen molar-refractivity contribution in [3.05, 3.63) is 0 Å². The normalized spacial score (nSPS) is 12.8. The fraction of sp³-hybridized carbons (Fsp3) is 0.500. The van der Waals surface area contributed by atoms with Gasteiger partial charge in [0.15, 0.2) is 5.60 Å². The molecule has 0 aromatic carbocycles. The zero-order chi connectivity index (χ0) is 20.0. The van der Waals surface area contributed by atoms with Crippen molar-refractivity contribution in [2.24, 2.45) is 0 Å². The molecule has 0 aliphatic carbocycles. The Labute approximate surface area is 166 Å². The summed E-state index contributed by atoms with van der Waals surface area (Å²) in [6.07, 6.45) is -5.94. The summed E-state index contributed by atoms with van der Waals surface area (Å²) in [7, 11) is 0. The third-order valence-electron chi connectivity index (χ3n) is 2.85. The number of esters is 1. The standard InChI is InChI=1S/C12H14O13.Na.H/c13-5(14)1-11(24,9(20)21)4-8(19)25-12(10(22)23,2-6(15)16)3-7(17)18;;/h24H,1-4H2,(H,13,14)(H,15,16)(H,17,18)(H,20,21)(H,22,23);;. The summed E-state index contributed by atoms with van der Waals surface area (Å²) >= 11 is 0. The predicted molar refractivity (Wildman–Crippen MR) is 77.6 cm³/mol. The monoisotopic (exact) mass is 390 g/mol. The van der Waals surface area contributed by atoms with Crippen molar-refractivity contribution in [2.45, 2.75) is 36.9 Å². The van der Waals surface area contributed by atoms with E-state index in [9.17, 15) is 33.9 Å². The number of aliphatic hydroxyl groups is 1. The zero-order valence-corrected chi connectivity index (χ0v) is 12.4. The van der Waals surface area contributed by atoms with Crippen LogP contribution < -0.4 is 0 Å². The molecule has 0 bridgehead atoms. The molecule has 0 amide bonds. The molecular formula is C12H15NaO13. The van der Waals surface area contributed by atoms with Gasteiger partial charge in [-0.1, -0.05) is 0 Å². The van der Waals surface area contributed by atoms with E-state index in [0.717, 1.165) is 0 Å². The molecule has 0 rings (SSSR count). The van der Waals surface area contributed by atoms with Crippen molar-refractivity contribution in [1.29, 1.82) is 0 Å². The van der Waals surface area contributed by atoms with Crippen LogP contribution in [0, 0.1) is 0 Å². The number of hydrogen-bond acceptors (Lipinski definition) is 8. The first-order valence-corrected chi connectivity index (χ1v) is 6.30. The van der Waals surface area contributed by atoms with Crippen molar-refractivity contribution in [1.82, 2.24) is 0 Å². The summed E-state index contributed by atoms with van der Waals surface area (Å²) in [5.74, 6) is -11.6. The Balaban J connectivity index is 0. The van der Waals surface area contributed by atoms with Gasteiger partial charge in [0.25, 0.3) is 0 Å². The van der Waals surface area contributed by atoms with Crippen LogP contribution >= 0.6 is 0 Å². The summed E-state index contributed by atoms with van der Waals surface area (Å²) < 4.78 is 4.33. The SMILES string of the molecule is O=C(O)CC(O)(CC(=O)OC(CC(=O)O)(CC(=O)O)C(=O)O)C(=O)O.[NaH]. The van der Waals surface area contributed by atoms with Gasteiger partial charge in [-0.3, -0.25) is 19.2 Å². The molecule has 0 spiro atoms. The molecular weight excluding hydrogens is 375 g/mol. The fourth-order valence-corrected chi connectivity index (χ4v) is 1.77. The molecule has 14 heteroatoms. The van der Waals surface area contributed by atoms with E-state index < -0.39 is 72.7 Å². The molecule has 142 valence electrons. The van der Waals surface area contributed by atoms with Crippen LogP contribution in [0.4, 0.5) is 0 Å². The first-order chi connectivity index (χ1) is 11.2. The van der Waals surface area contributed by atoms with Crippen molar-refractivity contribution >= 4 is 65.4 Å². The Morgan fingerprint density at radius 1 is 0.654 bits per heavy atom. The number of carboxylic acid groups (broad SMARTS) is 5. The van der Waals surface area contributed by atoms with Crippen LogP contribution in [0.5, 0.6) is 0 Å². The van der Waals surface area contributed by atoms with E-state index in [1.54, 1.807) is 0 Å². The Kier molecular flexibility index (Phi) is 10.1. The predicted octanol–water partition coefficient (Wildman–Crippen LogP) is -2.67. The summed E-state index contributed by atoms with van der Waals surface area (Å²) in [5.41, 5.74) is -6.24. The molecule has 0 aliphatic rings. The molecule has 13 nitrogen and oxygen atoms in total. The fourth-order valence-electron chi connectivity index (χ4n) is 1.77. The van der Waals surface area contributed by atoms with E-state index in [1.165, 1.54) is 0 Å². The van der Waals surface area contributed by atoms with Gasteiger partial charge >= 0.3 is 65.4 Å². The van der Waals surface area contributed by atoms with Gasteiger partial charge < -0.3 is 35.4 Å². The molecule has 0 heterocycles. The maximum atomic E-state index is 11.7. The van der Waals surface area contributed by atoms with E-state index in [4.69, 9.17) is 25.5 Å². The molecule has 0 aromatic rings. The molecule has 26 heavy (non-hydrogen) atoms. The van der Waals surface area contributed by atoms with Crippen molar-refractivity contribution in [2.75, 3.05) is 0 Å². The maximum absolute atomic E-state index is 11.7. The third-order valence-corrected chi connectivity index (χ3v) is 2.85. The first-order valence-electron chi connectivity index (χ1n) is 6.30. The number of carbonyl (C=O) groups excluding carboxylic acids is 1. The third kappa shape index (κ3) is 7.77. The van der Waals surface area contributed by atoms with Crippen LogP contribution in [0.1, 0.15) is 25.7 Å². The van der Waals surface area contributed by atoms with Crippen LogP contribution in [0.2, 0.25) is 0 Å². The minimum absolute atomic E-state index is 0. The number of carboxylic acids is 5. The molecule has 0 saturated heterocycles. The number of rotatable bonds is 11. The Morgan fingerprint density at radius 3 is 1.31 bits per heavy atom. The van der Waals surface area contributed by atoms with Gasteiger partial charge in [0.1, 0.15) is 0 Å². The van der Waals surface area contributed by atoms with E-state index in [-0.39, 0.29) is 29.6 Å². The molecule has 1 atom stereocenters. The van der Waals surface area contributed by atoms with Gasteiger partial charge in [-0.25, -0.2) is 9.59 Å². The molecule has 1 unspecified atom stereocenters. The van der Waals surface area contributed by atoms with Crippen molar-refractivity contribution in [3.63, 3.8) is 0 Å². The second-order valence-electron chi connectivity index (χ2n) is 5.00. The van der Waals surface area contributed by atoms with Gasteiger partial charge in [0.2, 0.25) is 5.60 Å². The van der Waals surface area contributed by atoms with Gasteiger partial charge in [-0.2, -0.15) is 0 Å². The van der Waals surface area contributed by atoms with Crippen molar-refractivity contribution in [3.8, 4) is 0 Å². The van der Waals surface area contributed by atoms with E-state index >= 15 is 0 Å². The molecule has 0 saturated carbocycles. The molecule has 0 aliphatic heterocycles. The summed E-state index contributed by atoms with van der Waals surface area (Å²) in [4.78, 5) is 66.0. The van der Waals surface area contributed by atoms with Gasteiger partial charge in [0, 0.05) is 0 Å². The van der Waals surface area contributed by atoms with Crippen LogP contribution in [0.15, 0.2) is 0 Å². The second kappa shape index (κ2) is 10.1. The average molecular weight is 390 g/mol.